The summed E-state index contributed by atoms with van der Waals surface area (Å²) in [5.41, 5.74) is 4.05. The first-order valence-corrected chi connectivity index (χ1v) is 10.4. The van der Waals surface area contributed by atoms with E-state index < -0.39 is 29.9 Å². The fourth-order valence-corrected chi connectivity index (χ4v) is 4.18. The number of carbonyl (C=O) groups is 1. The van der Waals surface area contributed by atoms with Gasteiger partial charge in [-0.05, 0) is 34.4 Å². The number of nitrogens with one attached hydrogen (secondary N) is 1. The third-order valence-electron chi connectivity index (χ3n) is 5.54. The van der Waals surface area contributed by atoms with Crippen molar-refractivity contribution in [2.24, 2.45) is 0 Å². The first kappa shape index (κ1) is 22.1. The predicted molar refractivity (Wildman–Crippen MR) is 117 cm³/mol. The number of aliphatic hydroxyl groups is 2. The Balaban J connectivity index is 1.36. The maximum absolute atomic E-state index is 13.6. The zero-order chi connectivity index (χ0) is 22.8. The average molecular weight is 458 g/mol. The summed E-state index contributed by atoms with van der Waals surface area (Å²) in [6.45, 7) is -0.287. The number of fused-ring (bicyclic) bond motifs is 3. The number of amides is 1. The summed E-state index contributed by atoms with van der Waals surface area (Å²) in [5.74, 6) is -1.96. The number of rotatable bonds is 6. The number of hydrogen-bond donors (Lipinski definition) is 4. The summed E-state index contributed by atoms with van der Waals surface area (Å²) in [7, 11) is 0. The predicted octanol–water partition coefficient (Wildman–Crippen LogP) is 4.12. The Labute approximate surface area is 188 Å². The first-order valence-electron chi connectivity index (χ1n) is 9.99. The Kier molecular flexibility index (Phi) is 6.32. The van der Waals surface area contributed by atoms with Crippen LogP contribution < -0.4 is 5.32 Å². The fourth-order valence-electron chi connectivity index (χ4n) is 3.97. The highest BCUT2D eigenvalue weighted by Crippen LogP contribution is 2.44. The smallest absolute Gasteiger partial charge is 0.407 e. The third-order valence-corrected chi connectivity index (χ3v) is 5.76. The van der Waals surface area contributed by atoms with E-state index in [2.05, 4.69) is 5.32 Å². The number of carbonyl (C=O) groups excluding carboxylic acids is 1. The Hall–Kier alpha value is -3.13. The van der Waals surface area contributed by atoms with Crippen LogP contribution >= 0.6 is 11.6 Å². The lowest BCUT2D eigenvalue weighted by atomic mass is 9.98. The van der Waals surface area contributed by atoms with Crippen LogP contribution in [0, 0.1) is 5.82 Å². The molecule has 1 aliphatic rings. The van der Waals surface area contributed by atoms with E-state index in [1.807, 2.05) is 48.5 Å². The van der Waals surface area contributed by atoms with Crippen molar-refractivity contribution in [1.82, 2.24) is 5.32 Å². The maximum Gasteiger partial charge on any atom is 0.407 e. The van der Waals surface area contributed by atoms with Crippen molar-refractivity contribution in [3.8, 4) is 16.9 Å². The second kappa shape index (κ2) is 9.16. The van der Waals surface area contributed by atoms with Crippen molar-refractivity contribution in [1.29, 1.82) is 0 Å². The van der Waals surface area contributed by atoms with Gasteiger partial charge in [-0.25, -0.2) is 9.18 Å². The molecule has 3 aromatic carbocycles. The molecule has 32 heavy (non-hydrogen) atoms. The normalized spacial score (nSPS) is 14.4. The topological polar surface area (TPSA) is 99.0 Å². The van der Waals surface area contributed by atoms with Crippen LogP contribution in [0.2, 0.25) is 5.02 Å². The molecule has 0 saturated heterocycles. The van der Waals surface area contributed by atoms with Crippen LogP contribution in [0.15, 0.2) is 60.7 Å². The van der Waals surface area contributed by atoms with E-state index in [-0.39, 0.29) is 29.7 Å². The van der Waals surface area contributed by atoms with Gasteiger partial charge in [0.05, 0.1) is 0 Å². The van der Waals surface area contributed by atoms with Crippen LogP contribution in [0.4, 0.5) is 9.18 Å². The zero-order valence-electron chi connectivity index (χ0n) is 16.8. The van der Waals surface area contributed by atoms with Gasteiger partial charge >= 0.3 is 6.09 Å². The number of ether oxygens (including phenoxy) is 1. The van der Waals surface area contributed by atoms with Crippen molar-refractivity contribution in [2.75, 3.05) is 13.2 Å². The minimum absolute atomic E-state index is 0.0500. The SMILES string of the molecule is O=C(NCC(O)C(O)c1cc(Cl)cc(F)c1O)OCC1c2ccccc2-c2ccccc21. The Bertz CT molecular complexity index is 1110. The molecule has 2 atom stereocenters. The number of benzene rings is 3. The van der Waals surface area contributed by atoms with Gasteiger partial charge in [-0.1, -0.05) is 60.1 Å². The molecule has 0 saturated carbocycles. The van der Waals surface area contributed by atoms with Crippen LogP contribution in [0.3, 0.4) is 0 Å². The third kappa shape index (κ3) is 4.27. The Morgan fingerprint density at radius 1 is 1.06 bits per heavy atom. The fraction of sp³-hybridized carbons (Fsp3) is 0.208. The second-order valence-electron chi connectivity index (χ2n) is 7.54. The molecule has 1 aliphatic carbocycles. The van der Waals surface area contributed by atoms with Gasteiger partial charge in [0.1, 0.15) is 18.8 Å². The monoisotopic (exact) mass is 457 g/mol. The lowest BCUT2D eigenvalue weighted by Gasteiger charge is -2.20. The molecule has 0 aromatic heterocycles. The van der Waals surface area contributed by atoms with E-state index >= 15 is 0 Å². The molecule has 1 amide bonds. The first-order chi connectivity index (χ1) is 15.4. The van der Waals surface area contributed by atoms with E-state index in [0.717, 1.165) is 34.4 Å². The molecule has 0 bridgehead atoms. The summed E-state index contributed by atoms with van der Waals surface area (Å²) < 4.78 is 19.0. The van der Waals surface area contributed by atoms with Gasteiger partial charge in [-0.15, -0.1) is 0 Å². The van der Waals surface area contributed by atoms with Crippen LogP contribution in [-0.2, 0) is 4.74 Å². The molecular formula is C24H21ClFNO5. The number of alkyl carbamates (subject to hydrolysis) is 1. The number of aromatic hydroxyl groups is 1. The molecule has 0 fully saturated rings. The van der Waals surface area contributed by atoms with Crippen LogP contribution in [-0.4, -0.2) is 40.7 Å². The van der Waals surface area contributed by atoms with Gasteiger partial charge in [0.2, 0.25) is 0 Å². The molecule has 3 aromatic rings. The van der Waals surface area contributed by atoms with Crippen LogP contribution in [0.25, 0.3) is 11.1 Å². The van der Waals surface area contributed by atoms with E-state index in [9.17, 15) is 24.5 Å². The standard InChI is InChI=1S/C24H21ClFNO5/c25-13-9-18(22(29)20(26)10-13)23(30)21(28)11-27-24(31)32-12-19-16-7-3-1-5-14(16)15-6-2-4-8-17(15)19/h1-10,19,21,23,28-30H,11-12H2,(H,27,31). The molecule has 0 heterocycles. The van der Waals surface area contributed by atoms with Gasteiger partial charge in [-0.3, -0.25) is 0 Å². The quantitative estimate of drug-likeness (QED) is 0.446. The van der Waals surface area contributed by atoms with Gasteiger partial charge in [0, 0.05) is 23.0 Å². The number of aliphatic hydroxyl groups excluding tert-OH is 2. The van der Waals surface area contributed by atoms with E-state index in [1.165, 1.54) is 0 Å². The summed E-state index contributed by atoms with van der Waals surface area (Å²) in [6.07, 6.45) is -3.98. The highest BCUT2D eigenvalue weighted by Gasteiger charge is 2.29. The summed E-state index contributed by atoms with van der Waals surface area (Å²) >= 11 is 5.74. The van der Waals surface area contributed by atoms with Crippen LogP contribution in [0.1, 0.15) is 28.7 Å². The van der Waals surface area contributed by atoms with E-state index in [1.54, 1.807) is 0 Å². The lowest BCUT2D eigenvalue weighted by Crippen LogP contribution is -2.36. The number of hydrogen-bond acceptors (Lipinski definition) is 5. The van der Waals surface area contributed by atoms with Crippen molar-refractivity contribution >= 4 is 17.7 Å². The number of phenolic OH excluding ortho intramolecular Hbond substituents is 1. The number of phenols is 1. The molecule has 0 spiro atoms. The minimum atomic E-state index is -1.67. The Morgan fingerprint density at radius 3 is 2.28 bits per heavy atom. The summed E-state index contributed by atoms with van der Waals surface area (Å²) in [6, 6.07) is 17.9. The van der Waals surface area contributed by atoms with Gasteiger partial charge in [0.25, 0.3) is 0 Å². The van der Waals surface area contributed by atoms with Crippen molar-refractivity contribution in [3.05, 3.63) is 88.2 Å². The number of halogens is 2. The van der Waals surface area contributed by atoms with E-state index in [0.29, 0.717) is 0 Å². The molecule has 6 nitrogen and oxygen atoms in total. The second-order valence-corrected chi connectivity index (χ2v) is 7.98. The summed E-state index contributed by atoms with van der Waals surface area (Å²) in [5, 5.41) is 32.5. The minimum Gasteiger partial charge on any atom is -0.505 e. The molecule has 0 aliphatic heterocycles. The lowest BCUT2D eigenvalue weighted by molar-refractivity contribution is 0.0170. The highest BCUT2D eigenvalue weighted by molar-refractivity contribution is 6.30. The largest absolute Gasteiger partial charge is 0.505 e. The molecule has 4 rings (SSSR count). The van der Waals surface area contributed by atoms with Crippen molar-refractivity contribution in [2.45, 2.75) is 18.1 Å². The van der Waals surface area contributed by atoms with Gasteiger partial charge in [0.15, 0.2) is 11.6 Å². The molecule has 4 N–H and O–H groups in total. The molecule has 2 unspecified atom stereocenters. The molecule has 0 radical (unpaired) electrons. The van der Waals surface area contributed by atoms with E-state index in [4.69, 9.17) is 16.3 Å². The van der Waals surface area contributed by atoms with Gasteiger partial charge < -0.3 is 25.4 Å². The maximum atomic E-state index is 13.6. The van der Waals surface area contributed by atoms with Crippen molar-refractivity contribution in [3.63, 3.8) is 0 Å². The zero-order valence-corrected chi connectivity index (χ0v) is 17.6. The molecule has 166 valence electrons. The van der Waals surface area contributed by atoms with Crippen molar-refractivity contribution < 1.29 is 29.2 Å². The Morgan fingerprint density at radius 2 is 1.66 bits per heavy atom. The summed E-state index contributed by atoms with van der Waals surface area (Å²) in [4.78, 5) is 12.2. The van der Waals surface area contributed by atoms with Crippen LogP contribution in [0.5, 0.6) is 5.75 Å². The highest BCUT2D eigenvalue weighted by atomic mass is 35.5. The molecular weight excluding hydrogens is 437 g/mol. The van der Waals surface area contributed by atoms with Gasteiger partial charge in [-0.2, -0.15) is 0 Å². The molecule has 8 heteroatoms. The average Bonchev–Trinajstić information content (AvgIpc) is 3.11.